The zero-order valence-corrected chi connectivity index (χ0v) is 16.2. The number of benzene rings is 2. The molecule has 0 atom stereocenters. The molecule has 0 saturated carbocycles. The molecule has 0 saturated heterocycles. The van der Waals surface area contributed by atoms with Crippen LogP contribution in [0.3, 0.4) is 0 Å². The van der Waals surface area contributed by atoms with Crippen molar-refractivity contribution in [1.82, 2.24) is 9.29 Å². The molecule has 0 radical (unpaired) electrons. The Kier molecular flexibility index (Phi) is 5.30. The second-order valence-corrected chi connectivity index (χ2v) is 8.45. The number of aryl methyl sites for hydroxylation is 3. The van der Waals surface area contributed by atoms with Crippen LogP contribution < -0.4 is 4.72 Å². The third-order valence-electron chi connectivity index (χ3n) is 4.59. The summed E-state index contributed by atoms with van der Waals surface area (Å²) in [6.45, 7) is 6.93. The van der Waals surface area contributed by atoms with E-state index in [2.05, 4.69) is 34.4 Å². The third kappa shape index (κ3) is 4.23. The van der Waals surface area contributed by atoms with Gasteiger partial charge >= 0.3 is 0 Å². The number of nitrogens with zero attached hydrogens (tertiary/aromatic N) is 1. The number of hydrogen-bond donors (Lipinski definition) is 1. The van der Waals surface area contributed by atoms with Gasteiger partial charge in [-0.25, -0.2) is 13.1 Å². The Bertz CT molecular complexity index is 1020. The van der Waals surface area contributed by atoms with Crippen LogP contribution in [0.25, 0.3) is 0 Å². The van der Waals surface area contributed by atoms with E-state index in [1.165, 1.54) is 11.1 Å². The van der Waals surface area contributed by atoms with E-state index in [0.29, 0.717) is 4.90 Å². The van der Waals surface area contributed by atoms with Crippen LogP contribution in [-0.4, -0.2) is 13.0 Å². The summed E-state index contributed by atoms with van der Waals surface area (Å²) in [5.41, 5.74) is 5.39. The van der Waals surface area contributed by atoms with Gasteiger partial charge in [-0.05, 0) is 61.7 Å². The van der Waals surface area contributed by atoms with Crippen molar-refractivity contribution in [3.63, 3.8) is 0 Å². The number of sulfonamides is 1. The Labute approximate surface area is 155 Å². The van der Waals surface area contributed by atoms with Crippen molar-refractivity contribution in [2.75, 3.05) is 0 Å². The maximum Gasteiger partial charge on any atom is 0.240 e. The summed E-state index contributed by atoms with van der Waals surface area (Å²) in [7, 11) is -3.54. The topological polar surface area (TPSA) is 51.1 Å². The molecule has 0 aliphatic heterocycles. The van der Waals surface area contributed by atoms with Gasteiger partial charge in [0.25, 0.3) is 0 Å². The van der Waals surface area contributed by atoms with Gasteiger partial charge in [-0.2, -0.15) is 0 Å². The van der Waals surface area contributed by atoms with Gasteiger partial charge in [-0.3, -0.25) is 0 Å². The van der Waals surface area contributed by atoms with Crippen LogP contribution in [0, 0.1) is 20.8 Å². The highest BCUT2D eigenvalue weighted by Crippen LogP contribution is 2.16. The van der Waals surface area contributed by atoms with E-state index in [4.69, 9.17) is 0 Å². The molecule has 1 N–H and O–H groups in total. The van der Waals surface area contributed by atoms with Gasteiger partial charge in [0.15, 0.2) is 0 Å². The lowest BCUT2D eigenvalue weighted by atomic mass is 10.1. The van der Waals surface area contributed by atoms with Gasteiger partial charge in [0, 0.05) is 18.4 Å². The number of aromatic nitrogens is 1. The number of rotatable bonds is 6. The summed E-state index contributed by atoms with van der Waals surface area (Å²) in [5.74, 6) is 0. The van der Waals surface area contributed by atoms with Crippen molar-refractivity contribution in [2.45, 2.75) is 38.8 Å². The maximum absolute atomic E-state index is 12.6. The van der Waals surface area contributed by atoms with Gasteiger partial charge in [0.1, 0.15) is 0 Å². The summed E-state index contributed by atoms with van der Waals surface area (Å²) >= 11 is 0. The Balaban J connectivity index is 1.74. The van der Waals surface area contributed by atoms with E-state index in [-0.39, 0.29) is 6.54 Å². The van der Waals surface area contributed by atoms with Crippen molar-refractivity contribution in [1.29, 1.82) is 0 Å². The third-order valence-corrected chi connectivity index (χ3v) is 5.99. The van der Waals surface area contributed by atoms with E-state index in [1.807, 2.05) is 44.3 Å². The monoisotopic (exact) mass is 368 g/mol. The first-order chi connectivity index (χ1) is 12.3. The second-order valence-electron chi connectivity index (χ2n) is 6.69. The average Bonchev–Trinajstić information content (AvgIpc) is 3.02. The molecule has 26 heavy (non-hydrogen) atoms. The molecule has 5 heteroatoms. The fourth-order valence-electron chi connectivity index (χ4n) is 2.90. The lowest BCUT2D eigenvalue weighted by Crippen LogP contribution is -2.24. The van der Waals surface area contributed by atoms with Gasteiger partial charge < -0.3 is 4.57 Å². The summed E-state index contributed by atoms with van der Waals surface area (Å²) < 4.78 is 30.0. The Morgan fingerprint density at radius 3 is 2.46 bits per heavy atom. The van der Waals surface area contributed by atoms with Gasteiger partial charge in [0.2, 0.25) is 10.0 Å². The first kappa shape index (κ1) is 18.4. The fraction of sp³-hybridized carbons (Fsp3) is 0.238. The van der Waals surface area contributed by atoms with Crippen molar-refractivity contribution < 1.29 is 8.42 Å². The SMILES string of the molecule is Cc1cccc(Cn2cccc2CNS(=O)(=O)c2ccc(C)c(C)c2)c1. The molecule has 3 rings (SSSR count). The zero-order valence-electron chi connectivity index (χ0n) is 15.4. The zero-order chi connectivity index (χ0) is 18.7. The molecule has 0 amide bonds. The van der Waals surface area contributed by atoms with Crippen LogP contribution in [-0.2, 0) is 23.1 Å². The van der Waals surface area contributed by atoms with E-state index in [9.17, 15) is 8.42 Å². The van der Waals surface area contributed by atoms with Crippen molar-refractivity contribution >= 4 is 10.0 Å². The van der Waals surface area contributed by atoms with Gasteiger partial charge in [0.05, 0.1) is 11.4 Å². The molecular formula is C21H24N2O2S. The Morgan fingerprint density at radius 2 is 1.73 bits per heavy atom. The van der Waals surface area contributed by atoms with Crippen molar-refractivity contribution in [3.05, 3.63) is 88.7 Å². The minimum Gasteiger partial charge on any atom is -0.346 e. The highest BCUT2D eigenvalue weighted by atomic mass is 32.2. The molecule has 3 aromatic rings. The smallest absolute Gasteiger partial charge is 0.240 e. The first-order valence-electron chi connectivity index (χ1n) is 8.62. The molecule has 0 fully saturated rings. The van der Waals surface area contributed by atoms with Gasteiger partial charge in [-0.1, -0.05) is 35.9 Å². The molecule has 0 unspecified atom stereocenters. The fourth-order valence-corrected chi connectivity index (χ4v) is 3.99. The molecule has 0 aliphatic rings. The normalized spacial score (nSPS) is 11.7. The van der Waals surface area contributed by atoms with E-state index in [0.717, 1.165) is 23.4 Å². The van der Waals surface area contributed by atoms with Crippen molar-refractivity contribution in [2.24, 2.45) is 0 Å². The van der Waals surface area contributed by atoms with E-state index >= 15 is 0 Å². The second kappa shape index (κ2) is 7.48. The molecule has 0 aliphatic carbocycles. The van der Waals surface area contributed by atoms with Crippen LogP contribution >= 0.6 is 0 Å². The summed E-state index contributed by atoms with van der Waals surface area (Å²) in [6, 6.07) is 17.4. The quantitative estimate of drug-likeness (QED) is 0.716. The minimum absolute atomic E-state index is 0.258. The Hall–Kier alpha value is -2.37. The molecule has 136 valence electrons. The van der Waals surface area contributed by atoms with Crippen molar-refractivity contribution in [3.8, 4) is 0 Å². The number of hydrogen-bond acceptors (Lipinski definition) is 2. The van der Waals surface area contributed by atoms with Crippen LogP contribution in [0.5, 0.6) is 0 Å². The standard InChI is InChI=1S/C21H24N2O2S/c1-16-6-4-7-19(12-16)15-23-11-5-8-20(23)14-22-26(24,25)21-10-9-17(2)18(3)13-21/h4-13,22H,14-15H2,1-3H3. The van der Waals surface area contributed by atoms with E-state index in [1.54, 1.807) is 12.1 Å². The Morgan fingerprint density at radius 1 is 0.923 bits per heavy atom. The van der Waals surface area contributed by atoms with Crippen LogP contribution in [0.15, 0.2) is 65.7 Å². The summed E-state index contributed by atoms with van der Waals surface area (Å²) in [6.07, 6.45) is 1.97. The lowest BCUT2D eigenvalue weighted by molar-refractivity contribution is 0.578. The maximum atomic E-state index is 12.6. The predicted molar refractivity (Wildman–Crippen MR) is 105 cm³/mol. The largest absolute Gasteiger partial charge is 0.346 e. The molecule has 0 bridgehead atoms. The lowest BCUT2D eigenvalue weighted by Gasteiger charge is -2.12. The molecule has 0 spiro atoms. The highest BCUT2D eigenvalue weighted by molar-refractivity contribution is 7.89. The first-order valence-corrected chi connectivity index (χ1v) is 10.1. The van der Waals surface area contributed by atoms with Crippen LogP contribution in [0.4, 0.5) is 0 Å². The predicted octanol–water partition coefficient (Wildman–Crippen LogP) is 3.94. The van der Waals surface area contributed by atoms with Gasteiger partial charge in [-0.15, -0.1) is 0 Å². The van der Waals surface area contributed by atoms with Crippen LogP contribution in [0.1, 0.15) is 27.9 Å². The number of nitrogens with one attached hydrogen (secondary N) is 1. The summed E-state index contributed by atoms with van der Waals surface area (Å²) in [4.78, 5) is 0.303. The summed E-state index contributed by atoms with van der Waals surface area (Å²) in [5, 5.41) is 0. The molecule has 1 heterocycles. The van der Waals surface area contributed by atoms with Crippen LogP contribution in [0.2, 0.25) is 0 Å². The van der Waals surface area contributed by atoms with E-state index < -0.39 is 10.0 Å². The molecule has 1 aromatic heterocycles. The minimum atomic E-state index is -3.54. The average molecular weight is 369 g/mol. The highest BCUT2D eigenvalue weighted by Gasteiger charge is 2.15. The molecule has 4 nitrogen and oxygen atoms in total. The molecular weight excluding hydrogens is 344 g/mol. The molecule has 2 aromatic carbocycles.